The molecule has 0 aliphatic rings. The van der Waals surface area contributed by atoms with Crippen molar-refractivity contribution in [3.63, 3.8) is 0 Å². The van der Waals surface area contributed by atoms with Gasteiger partial charge in [-0.25, -0.2) is 8.78 Å². The number of benzene rings is 1. The number of rotatable bonds is 5. The lowest BCUT2D eigenvalue weighted by Gasteiger charge is -2.16. The summed E-state index contributed by atoms with van der Waals surface area (Å²) in [5, 5.41) is 2.54. The summed E-state index contributed by atoms with van der Waals surface area (Å²) in [5.41, 5.74) is 5.77. The number of hydrogen-bond donors (Lipinski definition) is 2. The molecule has 100 valence electrons. The monoisotopic (exact) mass is 256 g/mol. The second-order valence-electron chi connectivity index (χ2n) is 4.68. The molecule has 3 nitrogen and oxygen atoms in total. The van der Waals surface area contributed by atoms with E-state index in [0.29, 0.717) is 12.3 Å². The molecule has 0 radical (unpaired) electrons. The van der Waals surface area contributed by atoms with Crippen LogP contribution in [0.4, 0.5) is 14.5 Å². The van der Waals surface area contributed by atoms with Gasteiger partial charge in [0, 0.05) is 18.3 Å². The van der Waals surface area contributed by atoms with Crippen molar-refractivity contribution in [2.24, 2.45) is 17.6 Å². The van der Waals surface area contributed by atoms with Crippen molar-refractivity contribution in [3.05, 3.63) is 29.8 Å². The number of carbonyl (C=O) groups is 1. The van der Waals surface area contributed by atoms with Crippen LogP contribution in [0.5, 0.6) is 0 Å². The number of amides is 1. The van der Waals surface area contributed by atoms with Gasteiger partial charge in [0.05, 0.1) is 5.92 Å². The first-order valence-corrected chi connectivity index (χ1v) is 5.90. The quantitative estimate of drug-likeness (QED) is 0.850. The number of carbonyl (C=O) groups excluding carboxylic acids is 1. The Labute approximate surface area is 105 Å². The van der Waals surface area contributed by atoms with E-state index in [-0.39, 0.29) is 24.1 Å². The van der Waals surface area contributed by atoms with Gasteiger partial charge in [-0.3, -0.25) is 4.79 Å². The molecule has 0 aromatic heterocycles. The Balaban J connectivity index is 2.70. The Morgan fingerprint density at radius 2 is 2.00 bits per heavy atom. The first kappa shape index (κ1) is 14.6. The molecule has 1 unspecified atom stereocenters. The van der Waals surface area contributed by atoms with Gasteiger partial charge >= 0.3 is 0 Å². The molecule has 1 rings (SSSR count). The van der Waals surface area contributed by atoms with Crippen LogP contribution in [0, 0.1) is 23.5 Å². The Morgan fingerprint density at radius 1 is 1.33 bits per heavy atom. The van der Waals surface area contributed by atoms with Gasteiger partial charge in [-0.15, -0.1) is 0 Å². The maximum absolute atomic E-state index is 13.0. The molecule has 1 amide bonds. The van der Waals surface area contributed by atoms with Gasteiger partial charge < -0.3 is 11.1 Å². The van der Waals surface area contributed by atoms with Crippen LogP contribution in [0.15, 0.2) is 18.2 Å². The van der Waals surface area contributed by atoms with Gasteiger partial charge in [-0.05, 0) is 24.5 Å². The summed E-state index contributed by atoms with van der Waals surface area (Å²) in [6, 6.07) is 3.25. The summed E-state index contributed by atoms with van der Waals surface area (Å²) in [7, 11) is 0. The van der Waals surface area contributed by atoms with E-state index in [4.69, 9.17) is 5.73 Å². The molecular weight excluding hydrogens is 238 g/mol. The summed E-state index contributed by atoms with van der Waals surface area (Å²) in [5.74, 6) is -2.17. The predicted octanol–water partition coefficient (Wildman–Crippen LogP) is 2.52. The van der Waals surface area contributed by atoms with E-state index in [0.717, 1.165) is 12.1 Å². The molecule has 0 heterocycles. The summed E-state index contributed by atoms with van der Waals surface area (Å²) in [6.07, 6.45) is 0.659. The molecule has 0 spiro atoms. The molecule has 18 heavy (non-hydrogen) atoms. The van der Waals surface area contributed by atoms with Crippen molar-refractivity contribution in [3.8, 4) is 0 Å². The molecule has 1 aromatic carbocycles. The zero-order valence-corrected chi connectivity index (χ0v) is 10.5. The van der Waals surface area contributed by atoms with E-state index in [1.807, 2.05) is 13.8 Å². The lowest BCUT2D eigenvalue weighted by atomic mass is 9.96. The summed E-state index contributed by atoms with van der Waals surface area (Å²) >= 11 is 0. The standard InChI is InChI=1S/C13H18F2N2O/c1-8(2)5-9(7-16)13(18)17-10-3-4-11(14)12(15)6-10/h3-4,6,8-9H,5,7,16H2,1-2H3,(H,17,18). The minimum absolute atomic E-state index is 0.230. The third-order valence-corrected chi connectivity index (χ3v) is 2.60. The van der Waals surface area contributed by atoms with E-state index in [1.54, 1.807) is 0 Å². The lowest BCUT2D eigenvalue weighted by Crippen LogP contribution is -2.30. The highest BCUT2D eigenvalue weighted by atomic mass is 19.2. The Bertz CT molecular complexity index is 421. The van der Waals surface area contributed by atoms with E-state index in [2.05, 4.69) is 5.32 Å². The number of hydrogen-bond acceptors (Lipinski definition) is 2. The molecule has 0 bridgehead atoms. The first-order chi connectivity index (χ1) is 8.43. The Morgan fingerprint density at radius 3 is 2.50 bits per heavy atom. The van der Waals surface area contributed by atoms with Gasteiger partial charge in [0.1, 0.15) is 0 Å². The fourth-order valence-electron chi connectivity index (χ4n) is 1.70. The van der Waals surface area contributed by atoms with Crippen molar-refractivity contribution in [2.45, 2.75) is 20.3 Å². The molecule has 3 N–H and O–H groups in total. The number of nitrogens with two attached hydrogens (primary N) is 1. The molecule has 0 saturated heterocycles. The molecule has 0 aliphatic carbocycles. The second kappa shape index (κ2) is 6.44. The van der Waals surface area contributed by atoms with Crippen molar-refractivity contribution >= 4 is 11.6 Å². The van der Waals surface area contributed by atoms with Crippen molar-refractivity contribution < 1.29 is 13.6 Å². The van der Waals surface area contributed by atoms with Crippen LogP contribution in [-0.4, -0.2) is 12.5 Å². The maximum Gasteiger partial charge on any atom is 0.228 e. The van der Waals surface area contributed by atoms with Crippen molar-refractivity contribution in [1.29, 1.82) is 0 Å². The van der Waals surface area contributed by atoms with Crippen LogP contribution in [0.3, 0.4) is 0 Å². The minimum atomic E-state index is -0.985. The summed E-state index contributed by atoms with van der Waals surface area (Å²) in [4.78, 5) is 11.9. The average molecular weight is 256 g/mol. The SMILES string of the molecule is CC(C)CC(CN)C(=O)Nc1ccc(F)c(F)c1. The molecule has 0 aliphatic heterocycles. The van der Waals surface area contributed by atoms with Crippen LogP contribution < -0.4 is 11.1 Å². The molecule has 1 aromatic rings. The number of halogens is 2. The molecule has 0 saturated carbocycles. The van der Waals surface area contributed by atoms with Crippen LogP contribution in [0.2, 0.25) is 0 Å². The fraction of sp³-hybridized carbons (Fsp3) is 0.462. The number of nitrogens with one attached hydrogen (secondary N) is 1. The van der Waals surface area contributed by atoms with E-state index in [1.165, 1.54) is 6.07 Å². The third kappa shape index (κ3) is 4.07. The first-order valence-electron chi connectivity index (χ1n) is 5.90. The minimum Gasteiger partial charge on any atom is -0.330 e. The molecule has 5 heteroatoms. The summed E-state index contributed by atoms with van der Waals surface area (Å²) in [6.45, 7) is 4.22. The van der Waals surface area contributed by atoms with Crippen LogP contribution in [0.1, 0.15) is 20.3 Å². The largest absolute Gasteiger partial charge is 0.330 e. The lowest BCUT2D eigenvalue weighted by molar-refractivity contribution is -0.120. The van der Waals surface area contributed by atoms with E-state index in [9.17, 15) is 13.6 Å². The molecular formula is C13H18F2N2O. The topological polar surface area (TPSA) is 55.1 Å². The highest BCUT2D eigenvalue weighted by Crippen LogP contribution is 2.16. The van der Waals surface area contributed by atoms with Gasteiger partial charge in [-0.2, -0.15) is 0 Å². The third-order valence-electron chi connectivity index (χ3n) is 2.60. The van der Waals surface area contributed by atoms with Gasteiger partial charge in [0.25, 0.3) is 0 Å². The zero-order chi connectivity index (χ0) is 13.7. The number of anilines is 1. The predicted molar refractivity (Wildman–Crippen MR) is 67.0 cm³/mol. The smallest absolute Gasteiger partial charge is 0.228 e. The average Bonchev–Trinajstić information content (AvgIpc) is 2.30. The summed E-state index contributed by atoms with van der Waals surface area (Å²) < 4.78 is 25.7. The van der Waals surface area contributed by atoms with Crippen molar-refractivity contribution in [1.82, 2.24) is 0 Å². The highest BCUT2D eigenvalue weighted by molar-refractivity contribution is 5.92. The van der Waals surface area contributed by atoms with Crippen molar-refractivity contribution in [2.75, 3.05) is 11.9 Å². The zero-order valence-electron chi connectivity index (χ0n) is 10.5. The fourth-order valence-corrected chi connectivity index (χ4v) is 1.70. The molecule has 0 fully saturated rings. The van der Waals surface area contributed by atoms with Crippen LogP contribution >= 0.6 is 0 Å². The maximum atomic E-state index is 13.0. The Kier molecular flexibility index (Phi) is 5.22. The van der Waals surface area contributed by atoms with Gasteiger partial charge in [0.15, 0.2) is 11.6 Å². The van der Waals surface area contributed by atoms with Gasteiger partial charge in [0.2, 0.25) is 5.91 Å². The van der Waals surface area contributed by atoms with Crippen LogP contribution in [0.25, 0.3) is 0 Å². The highest BCUT2D eigenvalue weighted by Gasteiger charge is 2.18. The van der Waals surface area contributed by atoms with Crippen LogP contribution in [-0.2, 0) is 4.79 Å². The normalized spacial score (nSPS) is 12.6. The second-order valence-corrected chi connectivity index (χ2v) is 4.68. The molecule has 1 atom stereocenters. The Hall–Kier alpha value is -1.49. The van der Waals surface area contributed by atoms with Gasteiger partial charge in [-0.1, -0.05) is 13.8 Å². The van der Waals surface area contributed by atoms with E-state index < -0.39 is 11.6 Å². The van der Waals surface area contributed by atoms with E-state index >= 15 is 0 Å².